The van der Waals surface area contributed by atoms with Crippen LogP contribution >= 0.6 is 11.6 Å². The highest BCUT2D eigenvalue weighted by Crippen LogP contribution is 2.23. The van der Waals surface area contributed by atoms with Crippen LogP contribution in [0.3, 0.4) is 0 Å². The maximum Gasteiger partial charge on any atom is 0.226 e. The summed E-state index contributed by atoms with van der Waals surface area (Å²) in [7, 11) is 0. The number of nitrogens with zero attached hydrogens (tertiary/aromatic N) is 3. The van der Waals surface area contributed by atoms with E-state index in [4.69, 9.17) is 11.6 Å². The van der Waals surface area contributed by atoms with Crippen molar-refractivity contribution in [2.24, 2.45) is 5.92 Å². The molecule has 0 bridgehead atoms. The number of hydrogen-bond acceptors (Lipinski definition) is 3. The summed E-state index contributed by atoms with van der Waals surface area (Å²) < 4.78 is 0. The first-order valence-electron chi connectivity index (χ1n) is 5.95. The van der Waals surface area contributed by atoms with Crippen LogP contribution in [0.5, 0.6) is 0 Å². The summed E-state index contributed by atoms with van der Waals surface area (Å²) in [6.45, 7) is 6.33. The van der Waals surface area contributed by atoms with Gasteiger partial charge in [-0.25, -0.2) is 9.97 Å². The van der Waals surface area contributed by atoms with E-state index in [0.29, 0.717) is 5.15 Å². The third-order valence-corrected chi connectivity index (χ3v) is 3.48. The van der Waals surface area contributed by atoms with Gasteiger partial charge >= 0.3 is 0 Å². The van der Waals surface area contributed by atoms with Crippen LogP contribution in [0, 0.1) is 12.8 Å². The molecular formula is C12H18ClN3. The van der Waals surface area contributed by atoms with Gasteiger partial charge in [-0.1, -0.05) is 24.9 Å². The second-order valence-electron chi connectivity index (χ2n) is 4.47. The Labute approximate surface area is 102 Å². The van der Waals surface area contributed by atoms with Crippen molar-refractivity contribution in [3.05, 3.63) is 16.9 Å². The Morgan fingerprint density at radius 1 is 1.38 bits per heavy atom. The standard InChI is InChI=1S/C12H18ClN3/c1-3-10-4-6-16(7-5-10)12-14-9(2)8-11(13)15-12/h8,10H,3-7H2,1-2H3. The fraction of sp³-hybridized carbons (Fsp3) is 0.667. The summed E-state index contributed by atoms with van der Waals surface area (Å²) in [6, 6.07) is 1.80. The first kappa shape index (κ1) is 11.6. The number of aromatic nitrogens is 2. The minimum Gasteiger partial charge on any atom is -0.341 e. The van der Waals surface area contributed by atoms with Crippen molar-refractivity contribution in [2.75, 3.05) is 18.0 Å². The third-order valence-electron chi connectivity index (χ3n) is 3.29. The lowest BCUT2D eigenvalue weighted by molar-refractivity contribution is 0.392. The van der Waals surface area contributed by atoms with E-state index in [1.54, 1.807) is 6.07 Å². The molecule has 0 aliphatic carbocycles. The van der Waals surface area contributed by atoms with Gasteiger partial charge in [0.05, 0.1) is 0 Å². The zero-order chi connectivity index (χ0) is 11.5. The van der Waals surface area contributed by atoms with Gasteiger partial charge in [0.25, 0.3) is 0 Å². The molecule has 0 saturated carbocycles. The van der Waals surface area contributed by atoms with Gasteiger partial charge in [0.15, 0.2) is 0 Å². The van der Waals surface area contributed by atoms with Gasteiger partial charge in [0.2, 0.25) is 5.95 Å². The van der Waals surface area contributed by atoms with Crippen LogP contribution in [-0.4, -0.2) is 23.1 Å². The molecule has 16 heavy (non-hydrogen) atoms. The van der Waals surface area contributed by atoms with Crippen molar-refractivity contribution >= 4 is 17.5 Å². The summed E-state index contributed by atoms with van der Waals surface area (Å²) in [4.78, 5) is 11.0. The van der Waals surface area contributed by atoms with Crippen LogP contribution in [-0.2, 0) is 0 Å². The molecule has 0 amide bonds. The van der Waals surface area contributed by atoms with Crippen molar-refractivity contribution < 1.29 is 0 Å². The highest BCUT2D eigenvalue weighted by Gasteiger charge is 2.19. The second kappa shape index (κ2) is 5.00. The third kappa shape index (κ3) is 2.64. The molecule has 2 rings (SSSR count). The Morgan fingerprint density at radius 3 is 2.62 bits per heavy atom. The SMILES string of the molecule is CCC1CCN(c2nc(C)cc(Cl)n2)CC1. The minimum absolute atomic E-state index is 0.542. The molecule has 4 heteroatoms. The molecule has 0 N–H and O–H groups in total. The number of halogens is 1. The molecule has 1 saturated heterocycles. The van der Waals surface area contributed by atoms with Crippen molar-refractivity contribution in [1.29, 1.82) is 0 Å². The molecule has 1 aromatic heterocycles. The van der Waals surface area contributed by atoms with Gasteiger partial charge in [-0.2, -0.15) is 0 Å². The maximum atomic E-state index is 5.95. The van der Waals surface area contributed by atoms with E-state index in [1.807, 2.05) is 6.92 Å². The van der Waals surface area contributed by atoms with Crippen LogP contribution in [0.15, 0.2) is 6.07 Å². The summed E-state index contributed by atoms with van der Waals surface area (Å²) >= 11 is 5.95. The summed E-state index contributed by atoms with van der Waals surface area (Å²) in [6.07, 6.45) is 3.76. The van der Waals surface area contributed by atoms with Crippen LogP contribution in [0.4, 0.5) is 5.95 Å². The Hall–Kier alpha value is -0.830. The van der Waals surface area contributed by atoms with Crippen molar-refractivity contribution in [3.8, 4) is 0 Å². The van der Waals surface area contributed by atoms with Crippen molar-refractivity contribution in [3.63, 3.8) is 0 Å². The van der Waals surface area contributed by atoms with E-state index < -0.39 is 0 Å². The lowest BCUT2D eigenvalue weighted by Gasteiger charge is -2.31. The fourth-order valence-electron chi connectivity index (χ4n) is 2.20. The van der Waals surface area contributed by atoms with E-state index in [2.05, 4.69) is 21.8 Å². The normalized spacial score (nSPS) is 17.8. The first-order chi connectivity index (χ1) is 7.69. The molecule has 2 heterocycles. The Bertz CT molecular complexity index is 339. The van der Waals surface area contributed by atoms with Crippen LogP contribution in [0.2, 0.25) is 5.15 Å². The average molecular weight is 240 g/mol. The second-order valence-corrected chi connectivity index (χ2v) is 4.86. The Balaban J connectivity index is 2.08. The number of piperidine rings is 1. The smallest absolute Gasteiger partial charge is 0.226 e. The predicted molar refractivity (Wildman–Crippen MR) is 67.0 cm³/mol. The van der Waals surface area contributed by atoms with Gasteiger partial charge in [-0.15, -0.1) is 0 Å². The highest BCUT2D eigenvalue weighted by atomic mass is 35.5. The van der Waals surface area contributed by atoms with Crippen molar-refractivity contribution in [1.82, 2.24) is 9.97 Å². The average Bonchev–Trinajstić information content (AvgIpc) is 2.28. The zero-order valence-electron chi connectivity index (χ0n) is 9.91. The van der Waals surface area contributed by atoms with E-state index in [0.717, 1.165) is 30.6 Å². The van der Waals surface area contributed by atoms with Gasteiger partial charge in [-0.05, 0) is 31.7 Å². The summed E-state index contributed by atoms with van der Waals surface area (Å²) in [5.74, 6) is 1.66. The molecule has 1 aliphatic rings. The zero-order valence-corrected chi connectivity index (χ0v) is 10.7. The fourth-order valence-corrected chi connectivity index (χ4v) is 2.43. The number of anilines is 1. The Kier molecular flexibility index (Phi) is 3.64. The Morgan fingerprint density at radius 2 is 2.06 bits per heavy atom. The molecule has 0 spiro atoms. The molecule has 0 atom stereocenters. The van der Waals surface area contributed by atoms with Crippen LogP contribution < -0.4 is 4.90 Å². The van der Waals surface area contributed by atoms with Gasteiger partial charge in [0, 0.05) is 18.8 Å². The molecule has 3 nitrogen and oxygen atoms in total. The summed E-state index contributed by atoms with van der Waals surface area (Å²) in [5, 5.41) is 0.542. The molecule has 1 aromatic rings. The van der Waals surface area contributed by atoms with Gasteiger partial charge < -0.3 is 4.90 Å². The quantitative estimate of drug-likeness (QED) is 0.743. The first-order valence-corrected chi connectivity index (χ1v) is 6.33. The molecule has 1 fully saturated rings. The van der Waals surface area contributed by atoms with Gasteiger partial charge in [0.1, 0.15) is 5.15 Å². The molecule has 0 radical (unpaired) electrons. The topological polar surface area (TPSA) is 29.0 Å². The van der Waals surface area contributed by atoms with Crippen molar-refractivity contribution in [2.45, 2.75) is 33.1 Å². The molecular weight excluding hydrogens is 222 g/mol. The van der Waals surface area contributed by atoms with Crippen LogP contribution in [0.1, 0.15) is 31.9 Å². The number of rotatable bonds is 2. The largest absolute Gasteiger partial charge is 0.341 e. The minimum atomic E-state index is 0.542. The predicted octanol–water partition coefficient (Wildman–Crippen LogP) is 3.06. The highest BCUT2D eigenvalue weighted by molar-refractivity contribution is 6.29. The van der Waals surface area contributed by atoms with E-state index in [-0.39, 0.29) is 0 Å². The maximum absolute atomic E-state index is 5.95. The van der Waals surface area contributed by atoms with E-state index in [1.165, 1.54) is 19.3 Å². The van der Waals surface area contributed by atoms with Crippen LogP contribution in [0.25, 0.3) is 0 Å². The summed E-state index contributed by atoms with van der Waals surface area (Å²) in [5.41, 5.74) is 0.938. The molecule has 1 aliphatic heterocycles. The molecule has 88 valence electrons. The number of hydrogen-bond donors (Lipinski definition) is 0. The lowest BCUT2D eigenvalue weighted by atomic mass is 9.95. The number of aryl methyl sites for hydroxylation is 1. The monoisotopic (exact) mass is 239 g/mol. The lowest BCUT2D eigenvalue weighted by Crippen LogP contribution is -2.34. The van der Waals surface area contributed by atoms with E-state index >= 15 is 0 Å². The van der Waals surface area contributed by atoms with E-state index in [9.17, 15) is 0 Å². The van der Waals surface area contributed by atoms with Gasteiger partial charge in [-0.3, -0.25) is 0 Å². The molecule has 0 unspecified atom stereocenters. The molecule has 0 aromatic carbocycles.